The second kappa shape index (κ2) is 10.4. The number of piperazine rings is 1. The summed E-state index contributed by atoms with van der Waals surface area (Å²) in [7, 11) is 3.34. The quantitative estimate of drug-likeness (QED) is 0.407. The maximum absolute atomic E-state index is 5.86. The van der Waals surface area contributed by atoms with Crippen LogP contribution in [0.2, 0.25) is 0 Å². The van der Waals surface area contributed by atoms with Crippen LogP contribution in [0.15, 0.2) is 59.2 Å². The molecule has 2 aromatic carbocycles. The predicted octanol–water partition coefficient (Wildman–Crippen LogP) is 2.44. The average Bonchev–Trinajstić information content (AvgIpc) is 3.59. The first-order valence-corrected chi connectivity index (χ1v) is 12.3. The predicted molar refractivity (Wildman–Crippen MR) is 136 cm³/mol. The highest BCUT2D eigenvalue weighted by atomic mass is 16.5. The van der Waals surface area contributed by atoms with Gasteiger partial charge in [0.2, 0.25) is 5.82 Å². The Balaban J connectivity index is 1.50. The lowest BCUT2D eigenvalue weighted by molar-refractivity contribution is -0.927. The van der Waals surface area contributed by atoms with E-state index in [4.69, 9.17) is 13.9 Å². The lowest BCUT2D eigenvalue weighted by atomic mass is 10.0. The minimum atomic E-state index is -0.138. The number of methoxy groups -OCH3 is 2. The molecule has 0 unspecified atom stereocenters. The number of tetrazole rings is 1. The van der Waals surface area contributed by atoms with Crippen molar-refractivity contribution in [1.29, 1.82) is 0 Å². The fraction of sp³-hybridized carbons (Fsp3) is 0.370. The van der Waals surface area contributed by atoms with Gasteiger partial charge in [-0.05, 0) is 65.7 Å². The van der Waals surface area contributed by atoms with E-state index in [9.17, 15) is 0 Å². The van der Waals surface area contributed by atoms with Gasteiger partial charge in [0.05, 0.1) is 52.2 Å². The smallest absolute Gasteiger partial charge is 0.214 e. The van der Waals surface area contributed by atoms with Gasteiger partial charge in [-0.2, -0.15) is 0 Å². The number of nitrogens with one attached hydrogen (secondary N) is 1. The van der Waals surface area contributed by atoms with Crippen molar-refractivity contribution in [3.05, 3.63) is 83.1 Å². The van der Waals surface area contributed by atoms with Crippen molar-refractivity contribution < 1.29 is 18.8 Å². The summed E-state index contributed by atoms with van der Waals surface area (Å²) >= 11 is 0. The Hall–Kier alpha value is -3.85. The fourth-order valence-corrected chi connectivity index (χ4v) is 5.16. The Kier molecular flexibility index (Phi) is 6.90. The lowest BCUT2D eigenvalue weighted by Crippen LogP contribution is -3.15. The number of para-hydroxylation sites is 1. The topological polar surface area (TPSA) is 82.9 Å². The number of hydrogen-bond donors (Lipinski definition) is 1. The zero-order chi connectivity index (χ0) is 25.1. The molecule has 188 valence electrons. The minimum Gasteiger partial charge on any atom is -0.493 e. The summed E-state index contributed by atoms with van der Waals surface area (Å²) in [6.45, 7) is 8.54. The zero-order valence-electron chi connectivity index (χ0n) is 21.3. The standard InChI is InChI=1S/C27H32N6O3/c1-19-8-5-11-23(20(19)2)31-13-15-32(16-14-31)25(22-10-6-12-24(34-3)26(22)35-4)27-28-29-30-33(27)18-21-9-7-17-36-21/h5-12,17,25H,13-16,18H2,1-4H3/p+1/t25-/m1/s1. The molecule has 0 radical (unpaired) electrons. The van der Waals surface area contributed by atoms with E-state index in [0.29, 0.717) is 18.0 Å². The maximum Gasteiger partial charge on any atom is 0.214 e. The highest BCUT2D eigenvalue weighted by Gasteiger charge is 2.37. The second-order valence-corrected chi connectivity index (χ2v) is 9.15. The van der Waals surface area contributed by atoms with Crippen LogP contribution in [0.4, 0.5) is 5.69 Å². The Morgan fingerprint density at radius 1 is 1.00 bits per heavy atom. The largest absolute Gasteiger partial charge is 0.493 e. The first-order chi connectivity index (χ1) is 17.6. The van der Waals surface area contributed by atoms with Crippen molar-refractivity contribution >= 4 is 5.69 Å². The number of ether oxygens (including phenoxy) is 2. The number of anilines is 1. The molecule has 3 heterocycles. The first-order valence-electron chi connectivity index (χ1n) is 12.3. The van der Waals surface area contributed by atoms with Gasteiger partial charge in [-0.3, -0.25) is 0 Å². The van der Waals surface area contributed by atoms with Gasteiger partial charge >= 0.3 is 0 Å². The number of furan rings is 1. The molecule has 1 aliphatic heterocycles. The highest BCUT2D eigenvalue weighted by molar-refractivity contribution is 5.56. The van der Waals surface area contributed by atoms with E-state index in [1.807, 2.05) is 28.9 Å². The molecule has 0 aliphatic carbocycles. The number of benzene rings is 2. The summed E-state index contributed by atoms with van der Waals surface area (Å²) in [6.07, 6.45) is 1.67. The maximum atomic E-state index is 5.86. The van der Waals surface area contributed by atoms with Gasteiger partial charge in [0.25, 0.3) is 0 Å². The van der Waals surface area contributed by atoms with Crippen LogP contribution in [-0.4, -0.2) is 60.6 Å². The van der Waals surface area contributed by atoms with Gasteiger partial charge in [-0.1, -0.05) is 18.2 Å². The number of quaternary nitrogens is 1. The van der Waals surface area contributed by atoms with Crippen LogP contribution in [0, 0.1) is 13.8 Å². The molecule has 1 aliphatic rings. The van der Waals surface area contributed by atoms with E-state index >= 15 is 0 Å². The molecule has 2 aromatic heterocycles. The lowest BCUT2D eigenvalue weighted by Gasteiger charge is -2.38. The molecule has 4 aromatic rings. The van der Waals surface area contributed by atoms with Gasteiger partial charge < -0.3 is 23.7 Å². The SMILES string of the molecule is COc1cccc([C@H](c2nnnn2Cc2ccco2)[NH+]2CCN(c3cccc(C)c3C)CC2)c1OC. The van der Waals surface area contributed by atoms with E-state index in [-0.39, 0.29) is 6.04 Å². The molecule has 0 bridgehead atoms. The third-order valence-electron chi connectivity index (χ3n) is 7.18. The van der Waals surface area contributed by atoms with Crippen LogP contribution in [-0.2, 0) is 6.54 Å². The molecule has 1 saturated heterocycles. The number of hydrogen-bond acceptors (Lipinski definition) is 7. The highest BCUT2D eigenvalue weighted by Crippen LogP contribution is 2.36. The van der Waals surface area contributed by atoms with Crippen LogP contribution in [0.5, 0.6) is 11.5 Å². The van der Waals surface area contributed by atoms with Crippen LogP contribution in [0.25, 0.3) is 0 Å². The summed E-state index contributed by atoms with van der Waals surface area (Å²) < 4.78 is 18.9. The first kappa shape index (κ1) is 23.9. The monoisotopic (exact) mass is 489 g/mol. The van der Waals surface area contributed by atoms with Crippen molar-refractivity contribution in [2.24, 2.45) is 0 Å². The molecule has 9 nitrogen and oxygen atoms in total. The minimum absolute atomic E-state index is 0.138. The van der Waals surface area contributed by atoms with Crippen LogP contribution in [0.3, 0.4) is 0 Å². The summed E-state index contributed by atoms with van der Waals surface area (Å²) in [5.74, 6) is 2.98. The van der Waals surface area contributed by atoms with Crippen LogP contribution >= 0.6 is 0 Å². The number of nitrogens with zero attached hydrogens (tertiary/aromatic N) is 5. The molecule has 36 heavy (non-hydrogen) atoms. The van der Waals surface area contributed by atoms with Crippen LogP contribution < -0.4 is 19.3 Å². The number of aromatic nitrogens is 4. The van der Waals surface area contributed by atoms with Crippen molar-refractivity contribution in [2.45, 2.75) is 26.4 Å². The van der Waals surface area contributed by atoms with Crippen molar-refractivity contribution in [2.75, 3.05) is 45.3 Å². The molecule has 1 atom stereocenters. The third kappa shape index (κ3) is 4.54. The van der Waals surface area contributed by atoms with Crippen LogP contribution in [0.1, 0.15) is 34.3 Å². The normalized spacial score (nSPS) is 15.2. The Bertz CT molecular complexity index is 1290. The van der Waals surface area contributed by atoms with E-state index in [0.717, 1.165) is 43.3 Å². The van der Waals surface area contributed by atoms with Gasteiger partial charge in [0, 0.05) is 5.69 Å². The summed E-state index contributed by atoms with van der Waals surface area (Å²) in [5.41, 5.74) is 4.97. The molecular weight excluding hydrogens is 456 g/mol. The third-order valence-corrected chi connectivity index (χ3v) is 7.18. The van der Waals surface area contributed by atoms with Gasteiger partial charge in [0.1, 0.15) is 12.3 Å². The van der Waals surface area contributed by atoms with Crippen molar-refractivity contribution in [3.8, 4) is 11.5 Å². The van der Waals surface area contributed by atoms with Crippen molar-refractivity contribution in [1.82, 2.24) is 20.2 Å². The molecule has 9 heteroatoms. The molecule has 0 amide bonds. The summed E-state index contributed by atoms with van der Waals surface area (Å²) in [4.78, 5) is 3.86. The molecule has 0 saturated carbocycles. The molecule has 0 spiro atoms. The summed E-state index contributed by atoms with van der Waals surface area (Å²) in [6, 6.07) is 16.2. The average molecular weight is 490 g/mol. The molecule has 1 fully saturated rings. The zero-order valence-corrected chi connectivity index (χ0v) is 21.3. The van der Waals surface area contributed by atoms with Gasteiger partial charge in [-0.25, -0.2) is 4.68 Å². The van der Waals surface area contributed by atoms with Gasteiger partial charge in [-0.15, -0.1) is 5.10 Å². The van der Waals surface area contributed by atoms with E-state index in [2.05, 4.69) is 58.5 Å². The number of aryl methyl sites for hydroxylation is 1. The Morgan fingerprint density at radius 3 is 2.53 bits per heavy atom. The Labute approximate surface area is 211 Å². The van der Waals surface area contributed by atoms with E-state index < -0.39 is 0 Å². The molecule has 5 rings (SSSR count). The second-order valence-electron chi connectivity index (χ2n) is 9.15. The van der Waals surface area contributed by atoms with Gasteiger partial charge in [0.15, 0.2) is 17.5 Å². The molecule has 1 N–H and O–H groups in total. The fourth-order valence-electron chi connectivity index (χ4n) is 5.16. The Morgan fingerprint density at radius 2 is 1.81 bits per heavy atom. The summed E-state index contributed by atoms with van der Waals surface area (Å²) in [5, 5.41) is 12.9. The van der Waals surface area contributed by atoms with E-state index in [1.54, 1.807) is 20.5 Å². The number of rotatable bonds is 8. The molecular formula is C27H33N6O3+. The van der Waals surface area contributed by atoms with E-state index in [1.165, 1.54) is 21.7 Å². The van der Waals surface area contributed by atoms with Crippen molar-refractivity contribution in [3.63, 3.8) is 0 Å².